The molecule has 0 radical (unpaired) electrons. The third-order valence-corrected chi connectivity index (χ3v) is 3.75. The van der Waals surface area contributed by atoms with E-state index in [1.54, 1.807) is 0 Å². The Bertz CT molecular complexity index is 977. The van der Waals surface area contributed by atoms with Crippen molar-refractivity contribution in [1.29, 1.82) is 0 Å². The van der Waals surface area contributed by atoms with E-state index in [4.69, 9.17) is 14.2 Å². The fourth-order valence-electron chi connectivity index (χ4n) is 2.41. The Balaban J connectivity index is 2.12. The number of anilines is 1. The standard InChI is InChI=1S/C18H15F3N2O7/c1-28-14-5-3-4-11(16(14)29-2)17(25)30-9-15(24)22-12-7-6-10(18(19,20)21)8-13(12)23(26)27/h3-8H,9H2,1-2H3,(H,22,24). The van der Waals surface area contributed by atoms with Gasteiger partial charge in [0.25, 0.3) is 11.6 Å². The van der Waals surface area contributed by atoms with Crippen molar-refractivity contribution in [2.75, 3.05) is 26.1 Å². The minimum absolute atomic E-state index is 0.0369. The van der Waals surface area contributed by atoms with E-state index in [1.165, 1.54) is 32.4 Å². The summed E-state index contributed by atoms with van der Waals surface area (Å²) in [5.41, 5.74) is -2.72. The van der Waals surface area contributed by atoms with Crippen LogP contribution in [0.2, 0.25) is 0 Å². The van der Waals surface area contributed by atoms with Gasteiger partial charge in [0.2, 0.25) is 0 Å². The van der Waals surface area contributed by atoms with Crippen molar-refractivity contribution in [3.8, 4) is 11.5 Å². The van der Waals surface area contributed by atoms with Crippen LogP contribution in [-0.4, -0.2) is 37.6 Å². The monoisotopic (exact) mass is 428 g/mol. The number of benzene rings is 2. The zero-order chi connectivity index (χ0) is 22.5. The quantitative estimate of drug-likeness (QED) is 0.408. The number of halogens is 3. The number of amides is 1. The Morgan fingerprint density at radius 2 is 1.83 bits per heavy atom. The number of methoxy groups -OCH3 is 2. The highest BCUT2D eigenvalue weighted by Gasteiger charge is 2.33. The summed E-state index contributed by atoms with van der Waals surface area (Å²) >= 11 is 0. The topological polar surface area (TPSA) is 117 Å². The Morgan fingerprint density at radius 3 is 2.40 bits per heavy atom. The average Bonchev–Trinajstić information content (AvgIpc) is 2.70. The Morgan fingerprint density at radius 1 is 1.13 bits per heavy atom. The molecule has 12 heteroatoms. The van der Waals surface area contributed by atoms with Crippen molar-refractivity contribution >= 4 is 23.3 Å². The summed E-state index contributed by atoms with van der Waals surface area (Å²) < 4.78 is 53.1. The van der Waals surface area contributed by atoms with Crippen LogP contribution in [0.4, 0.5) is 24.5 Å². The zero-order valence-electron chi connectivity index (χ0n) is 15.6. The summed E-state index contributed by atoms with van der Waals surface area (Å²) in [7, 11) is 2.66. The lowest BCUT2D eigenvalue weighted by atomic mass is 10.1. The van der Waals surface area contributed by atoms with Crippen LogP contribution in [-0.2, 0) is 15.7 Å². The molecule has 2 aromatic rings. The maximum Gasteiger partial charge on any atom is 0.416 e. The Hall–Kier alpha value is -3.83. The minimum Gasteiger partial charge on any atom is -0.493 e. The van der Waals surface area contributed by atoms with E-state index in [1.807, 2.05) is 5.32 Å². The predicted octanol–water partition coefficient (Wildman–Crippen LogP) is 3.43. The van der Waals surface area contributed by atoms with E-state index in [0.29, 0.717) is 12.1 Å². The molecule has 0 aliphatic heterocycles. The normalized spacial score (nSPS) is 10.8. The number of alkyl halides is 3. The maximum atomic E-state index is 12.7. The van der Waals surface area contributed by atoms with Crippen molar-refractivity contribution in [1.82, 2.24) is 0 Å². The van der Waals surface area contributed by atoms with E-state index in [-0.39, 0.29) is 17.1 Å². The summed E-state index contributed by atoms with van der Waals surface area (Å²) in [6.07, 6.45) is -4.79. The van der Waals surface area contributed by atoms with Crippen molar-refractivity contribution in [3.63, 3.8) is 0 Å². The zero-order valence-corrected chi connectivity index (χ0v) is 15.6. The molecule has 0 aromatic heterocycles. The average molecular weight is 428 g/mol. The third-order valence-electron chi connectivity index (χ3n) is 3.75. The van der Waals surface area contributed by atoms with Crippen LogP contribution < -0.4 is 14.8 Å². The van der Waals surface area contributed by atoms with Gasteiger partial charge in [0, 0.05) is 6.07 Å². The number of ether oxygens (including phenoxy) is 3. The van der Waals surface area contributed by atoms with Crippen LogP contribution >= 0.6 is 0 Å². The third kappa shape index (κ3) is 5.16. The summed E-state index contributed by atoms with van der Waals surface area (Å²) in [4.78, 5) is 34.2. The highest BCUT2D eigenvalue weighted by atomic mass is 19.4. The van der Waals surface area contributed by atoms with Gasteiger partial charge in [-0.2, -0.15) is 13.2 Å². The number of para-hydroxylation sites is 1. The minimum atomic E-state index is -4.79. The molecule has 30 heavy (non-hydrogen) atoms. The van der Waals surface area contributed by atoms with E-state index in [9.17, 15) is 32.9 Å². The molecular formula is C18H15F3N2O7. The molecule has 160 valence electrons. The molecule has 2 rings (SSSR count). The smallest absolute Gasteiger partial charge is 0.416 e. The number of nitro benzene ring substituents is 1. The van der Waals surface area contributed by atoms with Gasteiger partial charge in [0.05, 0.1) is 24.7 Å². The lowest BCUT2D eigenvalue weighted by molar-refractivity contribution is -0.384. The van der Waals surface area contributed by atoms with Gasteiger partial charge in [0.15, 0.2) is 18.1 Å². The van der Waals surface area contributed by atoms with E-state index < -0.39 is 46.5 Å². The highest BCUT2D eigenvalue weighted by molar-refractivity contribution is 5.98. The second kappa shape index (κ2) is 9.11. The van der Waals surface area contributed by atoms with Crippen LogP contribution in [0.3, 0.4) is 0 Å². The molecule has 0 aliphatic carbocycles. The lowest BCUT2D eigenvalue weighted by Gasteiger charge is -2.12. The molecule has 0 saturated carbocycles. The first-order valence-corrected chi connectivity index (χ1v) is 8.12. The van der Waals surface area contributed by atoms with E-state index >= 15 is 0 Å². The first kappa shape index (κ1) is 22.5. The number of carbonyl (C=O) groups excluding carboxylic acids is 2. The Labute approximate surface area is 167 Å². The van der Waals surface area contributed by atoms with Crippen LogP contribution in [0.15, 0.2) is 36.4 Å². The van der Waals surface area contributed by atoms with Gasteiger partial charge >= 0.3 is 12.1 Å². The number of nitrogens with one attached hydrogen (secondary N) is 1. The van der Waals surface area contributed by atoms with Gasteiger partial charge in [0.1, 0.15) is 11.3 Å². The van der Waals surface area contributed by atoms with Crippen molar-refractivity contribution in [3.05, 3.63) is 57.6 Å². The molecule has 0 fully saturated rings. The molecule has 0 heterocycles. The number of hydrogen-bond donors (Lipinski definition) is 1. The second-order valence-electron chi connectivity index (χ2n) is 5.65. The second-order valence-corrected chi connectivity index (χ2v) is 5.65. The maximum absolute atomic E-state index is 12.7. The SMILES string of the molecule is COc1cccc(C(=O)OCC(=O)Nc2ccc(C(F)(F)F)cc2[N+](=O)[O-])c1OC. The number of nitro groups is 1. The Kier molecular flexibility index (Phi) is 6.82. The first-order chi connectivity index (χ1) is 14.1. The van der Waals surface area contributed by atoms with Crippen LogP contribution in [0, 0.1) is 10.1 Å². The molecule has 0 spiro atoms. The van der Waals surface area contributed by atoms with Crippen molar-refractivity contribution in [2.45, 2.75) is 6.18 Å². The van der Waals surface area contributed by atoms with Crippen molar-refractivity contribution < 1.29 is 41.9 Å². The van der Waals surface area contributed by atoms with Gasteiger partial charge in [-0.25, -0.2) is 4.79 Å². The molecule has 1 amide bonds. The summed E-state index contributed by atoms with van der Waals surface area (Å²) in [6.45, 7) is -0.850. The molecule has 1 N–H and O–H groups in total. The van der Waals surface area contributed by atoms with Gasteiger partial charge in [-0.05, 0) is 24.3 Å². The molecule has 0 bridgehead atoms. The number of nitrogens with zero attached hydrogens (tertiary/aromatic N) is 1. The number of carbonyl (C=O) groups is 2. The lowest BCUT2D eigenvalue weighted by Crippen LogP contribution is -2.22. The van der Waals surface area contributed by atoms with Crippen molar-refractivity contribution in [2.24, 2.45) is 0 Å². The molecule has 0 aliphatic rings. The van der Waals surface area contributed by atoms with Crippen LogP contribution in [0.25, 0.3) is 0 Å². The van der Waals surface area contributed by atoms with Gasteiger partial charge in [-0.15, -0.1) is 0 Å². The fraction of sp³-hybridized carbons (Fsp3) is 0.222. The molecule has 0 saturated heterocycles. The van der Waals surface area contributed by atoms with Gasteiger partial charge in [-0.3, -0.25) is 14.9 Å². The number of esters is 1. The fourth-order valence-corrected chi connectivity index (χ4v) is 2.41. The molecule has 9 nitrogen and oxygen atoms in total. The van der Waals surface area contributed by atoms with Gasteiger partial charge in [-0.1, -0.05) is 6.07 Å². The van der Waals surface area contributed by atoms with Gasteiger partial charge < -0.3 is 19.5 Å². The molecule has 2 aromatic carbocycles. The van der Waals surface area contributed by atoms with Crippen LogP contribution in [0.5, 0.6) is 11.5 Å². The van der Waals surface area contributed by atoms with Crippen LogP contribution in [0.1, 0.15) is 15.9 Å². The first-order valence-electron chi connectivity index (χ1n) is 8.12. The number of rotatable bonds is 7. The summed E-state index contributed by atoms with van der Waals surface area (Å²) in [6, 6.07) is 6.00. The molecule has 0 unspecified atom stereocenters. The van der Waals surface area contributed by atoms with E-state index in [0.717, 1.165) is 6.07 Å². The largest absolute Gasteiger partial charge is 0.493 e. The van der Waals surface area contributed by atoms with E-state index in [2.05, 4.69) is 0 Å². The number of hydrogen-bond acceptors (Lipinski definition) is 7. The summed E-state index contributed by atoms with van der Waals surface area (Å²) in [5, 5.41) is 13.1. The molecule has 0 atom stereocenters. The summed E-state index contributed by atoms with van der Waals surface area (Å²) in [5.74, 6) is -1.61. The predicted molar refractivity (Wildman–Crippen MR) is 96.6 cm³/mol. The highest BCUT2D eigenvalue weighted by Crippen LogP contribution is 2.35. The molecular weight excluding hydrogens is 413 g/mol.